The molecule has 31 heavy (non-hydrogen) atoms. The Bertz CT molecular complexity index is 1310. The van der Waals surface area contributed by atoms with Crippen LogP contribution in [0.15, 0.2) is 50.4 Å². The van der Waals surface area contributed by atoms with Crippen LogP contribution < -0.4 is 15.9 Å². The molecule has 0 aliphatic carbocycles. The summed E-state index contributed by atoms with van der Waals surface area (Å²) in [5, 5.41) is 0.855. The number of carbonyl (C=O) groups excluding carboxylic acids is 1. The van der Waals surface area contributed by atoms with Crippen molar-refractivity contribution < 1.29 is 13.9 Å². The lowest BCUT2D eigenvalue weighted by Gasteiger charge is -2.42. The second-order valence-electron chi connectivity index (χ2n) is 8.60. The molecule has 5 rings (SSSR count). The average Bonchev–Trinajstić information content (AvgIpc) is 2.74. The molecule has 2 aliphatic rings. The number of pyridine rings is 1. The van der Waals surface area contributed by atoms with Gasteiger partial charge in [-0.25, -0.2) is 4.79 Å². The van der Waals surface area contributed by atoms with E-state index in [2.05, 4.69) is 0 Å². The zero-order chi connectivity index (χ0) is 21.7. The molecule has 3 aromatic rings. The number of aromatic nitrogens is 1. The van der Waals surface area contributed by atoms with Gasteiger partial charge in [0.05, 0.1) is 0 Å². The van der Waals surface area contributed by atoms with Crippen LogP contribution in [0.25, 0.3) is 11.0 Å². The molecular weight excluding hydrogens is 396 g/mol. The first-order chi connectivity index (χ1) is 14.9. The molecule has 160 valence electrons. The third kappa shape index (κ3) is 3.44. The highest BCUT2D eigenvalue weighted by Crippen LogP contribution is 2.35. The van der Waals surface area contributed by atoms with E-state index in [-0.39, 0.29) is 29.9 Å². The van der Waals surface area contributed by atoms with Crippen molar-refractivity contribution in [1.82, 2.24) is 9.47 Å². The summed E-state index contributed by atoms with van der Waals surface area (Å²) in [6.07, 6.45) is 0.996. The Balaban J connectivity index is 1.32. The predicted octanol–water partition coefficient (Wildman–Crippen LogP) is 2.60. The van der Waals surface area contributed by atoms with Crippen LogP contribution in [-0.2, 0) is 11.3 Å². The molecule has 1 amide bonds. The van der Waals surface area contributed by atoms with Crippen LogP contribution in [0.3, 0.4) is 0 Å². The summed E-state index contributed by atoms with van der Waals surface area (Å²) in [6.45, 7) is 5.48. The van der Waals surface area contributed by atoms with E-state index in [1.165, 1.54) is 6.07 Å². The number of amides is 1. The molecule has 4 heterocycles. The molecule has 0 spiro atoms. The summed E-state index contributed by atoms with van der Waals surface area (Å²) in [5.74, 6) is 0.898. The van der Waals surface area contributed by atoms with E-state index in [9.17, 15) is 14.4 Å². The molecule has 1 fully saturated rings. The Morgan fingerprint density at radius 2 is 1.97 bits per heavy atom. The molecule has 2 aliphatic heterocycles. The van der Waals surface area contributed by atoms with Gasteiger partial charge >= 0.3 is 5.63 Å². The summed E-state index contributed by atoms with van der Waals surface area (Å²) < 4.78 is 13.1. The lowest BCUT2D eigenvalue weighted by atomic mass is 9.83. The van der Waals surface area contributed by atoms with Crippen molar-refractivity contribution in [2.75, 3.05) is 19.7 Å². The number of nitrogens with zero attached hydrogens (tertiary/aromatic N) is 2. The van der Waals surface area contributed by atoms with E-state index in [0.29, 0.717) is 36.5 Å². The Morgan fingerprint density at radius 1 is 1.13 bits per heavy atom. The van der Waals surface area contributed by atoms with E-state index in [0.717, 1.165) is 23.1 Å². The van der Waals surface area contributed by atoms with Gasteiger partial charge in [0.25, 0.3) is 11.5 Å². The van der Waals surface area contributed by atoms with Crippen molar-refractivity contribution in [3.05, 3.63) is 74.0 Å². The summed E-state index contributed by atoms with van der Waals surface area (Å²) in [7, 11) is 0. The van der Waals surface area contributed by atoms with Gasteiger partial charge in [0.1, 0.15) is 11.3 Å². The lowest BCUT2D eigenvalue weighted by molar-refractivity contribution is -0.136. The fourth-order valence-corrected chi connectivity index (χ4v) is 4.99. The number of hydrogen-bond acceptors (Lipinski definition) is 5. The summed E-state index contributed by atoms with van der Waals surface area (Å²) in [5.41, 5.74) is 2.68. The van der Waals surface area contributed by atoms with Crippen LogP contribution in [0.4, 0.5) is 0 Å². The summed E-state index contributed by atoms with van der Waals surface area (Å²) >= 11 is 0. The molecule has 0 radical (unpaired) electrons. The van der Waals surface area contributed by atoms with Gasteiger partial charge in [-0.1, -0.05) is 6.07 Å². The molecule has 7 heteroatoms. The third-order valence-corrected chi connectivity index (χ3v) is 6.50. The van der Waals surface area contributed by atoms with Gasteiger partial charge in [-0.3, -0.25) is 9.59 Å². The SMILES string of the molecule is Cc1cc(=O)oc2c(C)c(OCC(=O)N3C[C@@H]4C[C@H](C3)c3cccc(=O)n3C4)ccc12. The van der Waals surface area contributed by atoms with Crippen LogP contribution in [0.5, 0.6) is 5.75 Å². The molecule has 1 aromatic carbocycles. The van der Waals surface area contributed by atoms with Crippen molar-refractivity contribution in [2.24, 2.45) is 5.92 Å². The van der Waals surface area contributed by atoms with Gasteiger partial charge in [-0.15, -0.1) is 0 Å². The normalized spacial score (nSPS) is 19.9. The summed E-state index contributed by atoms with van der Waals surface area (Å²) in [6, 6.07) is 10.5. The van der Waals surface area contributed by atoms with Crippen LogP contribution in [0.2, 0.25) is 0 Å². The first kappa shape index (κ1) is 19.6. The minimum atomic E-state index is -0.402. The number of piperidine rings is 1. The van der Waals surface area contributed by atoms with Gasteiger partial charge in [-0.05, 0) is 49.9 Å². The van der Waals surface area contributed by atoms with Crippen LogP contribution in [0, 0.1) is 19.8 Å². The van der Waals surface area contributed by atoms with Gasteiger partial charge in [0, 0.05) is 54.3 Å². The highest BCUT2D eigenvalue weighted by atomic mass is 16.5. The van der Waals surface area contributed by atoms with Crippen molar-refractivity contribution in [2.45, 2.75) is 32.7 Å². The van der Waals surface area contributed by atoms with Gasteiger partial charge < -0.3 is 18.6 Å². The number of carbonyl (C=O) groups is 1. The van der Waals surface area contributed by atoms with Crippen molar-refractivity contribution in [1.29, 1.82) is 0 Å². The zero-order valence-corrected chi connectivity index (χ0v) is 17.6. The second-order valence-corrected chi connectivity index (χ2v) is 8.60. The molecule has 1 saturated heterocycles. The van der Waals surface area contributed by atoms with E-state index < -0.39 is 5.63 Å². The van der Waals surface area contributed by atoms with Crippen molar-refractivity contribution in [3.63, 3.8) is 0 Å². The third-order valence-electron chi connectivity index (χ3n) is 6.50. The predicted molar refractivity (Wildman–Crippen MR) is 116 cm³/mol. The van der Waals surface area contributed by atoms with Crippen molar-refractivity contribution in [3.8, 4) is 5.75 Å². The molecular formula is C24H24N2O5. The van der Waals surface area contributed by atoms with Gasteiger partial charge in [0.15, 0.2) is 6.61 Å². The number of fused-ring (bicyclic) bond motifs is 5. The highest BCUT2D eigenvalue weighted by molar-refractivity contribution is 5.85. The number of likely N-dealkylation sites (tertiary alicyclic amines) is 1. The Morgan fingerprint density at radius 3 is 2.81 bits per heavy atom. The number of benzene rings is 1. The minimum Gasteiger partial charge on any atom is -0.483 e. The Kier molecular flexibility index (Phi) is 4.68. The quantitative estimate of drug-likeness (QED) is 0.609. The number of hydrogen-bond donors (Lipinski definition) is 0. The average molecular weight is 420 g/mol. The zero-order valence-electron chi connectivity index (χ0n) is 17.6. The standard InChI is InChI=1S/C24H24N2O5/c1-14-8-23(29)31-24-15(2)20(7-6-18(14)24)30-13-22(28)25-10-16-9-17(12-25)19-4-3-5-21(27)26(19)11-16/h3-8,16-17H,9-13H2,1-2H3/t16-,17+/m0/s1. The Hall–Kier alpha value is -3.35. The first-order valence-corrected chi connectivity index (χ1v) is 10.5. The molecule has 2 atom stereocenters. The smallest absolute Gasteiger partial charge is 0.336 e. The lowest BCUT2D eigenvalue weighted by Crippen LogP contribution is -2.50. The molecule has 0 N–H and O–H groups in total. The second kappa shape index (κ2) is 7.41. The maximum Gasteiger partial charge on any atom is 0.336 e. The van der Waals surface area contributed by atoms with E-state index in [4.69, 9.17) is 9.15 Å². The van der Waals surface area contributed by atoms with Crippen LogP contribution in [-0.4, -0.2) is 35.1 Å². The monoisotopic (exact) mass is 420 g/mol. The maximum atomic E-state index is 12.9. The van der Waals surface area contributed by atoms with Crippen LogP contribution >= 0.6 is 0 Å². The first-order valence-electron chi connectivity index (χ1n) is 10.5. The van der Waals surface area contributed by atoms with Gasteiger partial charge in [-0.2, -0.15) is 0 Å². The number of aryl methyl sites for hydroxylation is 2. The van der Waals surface area contributed by atoms with Crippen molar-refractivity contribution >= 4 is 16.9 Å². The van der Waals surface area contributed by atoms with E-state index in [1.807, 2.05) is 41.5 Å². The summed E-state index contributed by atoms with van der Waals surface area (Å²) in [4.78, 5) is 38.7. The molecule has 7 nitrogen and oxygen atoms in total. The van der Waals surface area contributed by atoms with Gasteiger partial charge in [0.2, 0.25) is 0 Å². The van der Waals surface area contributed by atoms with E-state index in [1.54, 1.807) is 12.1 Å². The highest BCUT2D eigenvalue weighted by Gasteiger charge is 2.36. The maximum absolute atomic E-state index is 12.9. The molecule has 2 bridgehead atoms. The molecule has 0 saturated carbocycles. The number of rotatable bonds is 3. The topological polar surface area (TPSA) is 81.8 Å². The molecule has 2 aromatic heterocycles. The largest absolute Gasteiger partial charge is 0.483 e. The number of ether oxygens (including phenoxy) is 1. The van der Waals surface area contributed by atoms with E-state index >= 15 is 0 Å². The Labute approximate surface area is 178 Å². The molecule has 0 unspecified atom stereocenters. The van der Waals surface area contributed by atoms with Crippen LogP contribution in [0.1, 0.15) is 29.2 Å². The minimum absolute atomic E-state index is 0.0315. The fraction of sp³-hybridized carbons (Fsp3) is 0.375. The fourth-order valence-electron chi connectivity index (χ4n) is 4.99.